The second-order valence-corrected chi connectivity index (χ2v) is 7.83. The number of rotatable bonds is 6. The first-order valence-electron chi connectivity index (χ1n) is 10.2. The molecule has 0 radical (unpaired) electrons. The first-order valence-corrected chi connectivity index (χ1v) is 10.2. The van der Waals surface area contributed by atoms with Crippen LogP contribution in [-0.2, 0) is 9.59 Å². The summed E-state index contributed by atoms with van der Waals surface area (Å²) in [4.78, 5) is 51.7. The Morgan fingerprint density at radius 3 is 2.50 bits per heavy atom. The van der Waals surface area contributed by atoms with Crippen molar-refractivity contribution >= 4 is 29.3 Å². The Bertz CT molecular complexity index is 1130. The summed E-state index contributed by atoms with van der Waals surface area (Å²) < 4.78 is 20.6. The molecule has 0 saturated carbocycles. The molecule has 1 N–H and O–H groups in total. The van der Waals surface area contributed by atoms with Gasteiger partial charge in [-0.3, -0.25) is 29.4 Å². The molecule has 2 aromatic carbocycles. The summed E-state index contributed by atoms with van der Waals surface area (Å²) in [6.45, 7) is 2.55. The number of nitrogens with zero attached hydrogens (tertiary/aromatic N) is 2. The molecular weight excluding hydrogens is 417 g/mol. The van der Waals surface area contributed by atoms with Gasteiger partial charge in [0.25, 0.3) is 11.8 Å². The summed E-state index contributed by atoms with van der Waals surface area (Å²) in [7, 11) is 1.66. The number of fused-ring (bicyclic) bond motifs is 1. The Labute approximate surface area is 183 Å². The molecule has 4 amide bonds. The molecule has 1 fully saturated rings. The number of anilines is 1. The summed E-state index contributed by atoms with van der Waals surface area (Å²) in [5.74, 6) is -2.50. The van der Waals surface area contributed by atoms with Crippen molar-refractivity contribution in [1.29, 1.82) is 0 Å². The van der Waals surface area contributed by atoms with Crippen molar-refractivity contribution in [1.82, 2.24) is 10.2 Å². The molecule has 9 heteroatoms. The van der Waals surface area contributed by atoms with E-state index in [1.165, 1.54) is 6.07 Å². The summed E-state index contributed by atoms with van der Waals surface area (Å²) in [6.07, 6.45) is 0.0642. The number of carbonyl (C=O) groups excluding carboxylic acids is 4. The van der Waals surface area contributed by atoms with E-state index >= 15 is 0 Å². The molecule has 8 nitrogen and oxygen atoms in total. The predicted octanol–water partition coefficient (Wildman–Crippen LogP) is 2.05. The Morgan fingerprint density at radius 2 is 1.81 bits per heavy atom. The van der Waals surface area contributed by atoms with Crippen molar-refractivity contribution in [2.75, 3.05) is 25.1 Å². The highest BCUT2D eigenvalue weighted by Crippen LogP contribution is 2.32. The molecule has 1 atom stereocenters. The molecule has 32 heavy (non-hydrogen) atoms. The number of hydrogen-bond donors (Lipinski definition) is 1. The van der Waals surface area contributed by atoms with Gasteiger partial charge in [-0.1, -0.05) is 18.2 Å². The summed E-state index contributed by atoms with van der Waals surface area (Å²) in [5, 5.41) is 2.14. The van der Waals surface area contributed by atoms with Crippen LogP contribution in [0, 0.1) is 12.7 Å². The zero-order valence-corrected chi connectivity index (χ0v) is 17.7. The second kappa shape index (κ2) is 8.41. The fourth-order valence-corrected chi connectivity index (χ4v) is 3.90. The maximum atomic E-state index is 14.8. The van der Waals surface area contributed by atoms with Crippen molar-refractivity contribution in [3.63, 3.8) is 0 Å². The Balaban J connectivity index is 1.51. The van der Waals surface area contributed by atoms with Crippen LogP contribution in [0.25, 0.3) is 0 Å². The molecule has 0 aliphatic carbocycles. The van der Waals surface area contributed by atoms with Crippen LogP contribution in [0.2, 0.25) is 0 Å². The minimum atomic E-state index is -1.09. The van der Waals surface area contributed by atoms with Crippen molar-refractivity contribution < 1.29 is 28.3 Å². The highest BCUT2D eigenvalue weighted by atomic mass is 19.1. The lowest BCUT2D eigenvalue weighted by Gasteiger charge is -2.27. The van der Waals surface area contributed by atoms with Crippen LogP contribution >= 0.6 is 0 Å². The largest absolute Gasteiger partial charge is 0.491 e. The van der Waals surface area contributed by atoms with E-state index in [1.807, 2.05) is 31.2 Å². The molecule has 1 saturated heterocycles. The van der Waals surface area contributed by atoms with E-state index in [-0.39, 0.29) is 36.3 Å². The van der Waals surface area contributed by atoms with Crippen molar-refractivity contribution in [2.45, 2.75) is 25.8 Å². The summed E-state index contributed by atoms with van der Waals surface area (Å²) in [5.41, 5.74) is 1.06. The van der Waals surface area contributed by atoms with Gasteiger partial charge in [0.2, 0.25) is 11.8 Å². The van der Waals surface area contributed by atoms with E-state index in [0.717, 1.165) is 22.3 Å². The zero-order valence-electron chi connectivity index (χ0n) is 17.7. The lowest BCUT2D eigenvalue weighted by molar-refractivity contribution is -0.136. The molecule has 2 heterocycles. The van der Waals surface area contributed by atoms with E-state index in [0.29, 0.717) is 6.54 Å². The number of halogens is 1. The molecule has 0 spiro atoms. The van der Waals surface area contributed by atoms with Gasteiger partial charge in [-0.2, -0.15) is 0 Å². The second-order valence-electron chi connectivity index (χ2n) is 7.83. The van der Waals surface area contributed by atoms with Gasteiger partial charge in [0, 0.05) is 13.5 Å². The maximum Gasteiger partial charge on any atom is 0.262 e. The summed E-state index contributed by atoms with van der Waals surface area (Å²) >= 11 is 0. The third-order valence-electron chi connectivity index (χ3n) is 5.70. The molecule has 2 aliphatic heterocycles. The fraction of sp³-hybridized carbons (Fsp3) is 0.304. The average Bonchev–Trinajstić information content (AvgIpc) is 2.98. The molecule has 0 bridgehead atoms. The Hall–Kier alpha value is -3.75. The lowest BCUT2D eigenvalue weighted by Crippen LogP contribution is -2.54. The highest BCUT2D eigenvalue weighted by Gasteiger charge is 2.45. The van der Waals surface area contributed by atoms with Crippen molar-refractivity contribution in [3.05, 3.63) is 58.9 Å². The third kappa shape index (κ3) is 3.81. The Kier molecular flexibility index (Phi) is 5.65. The number of amides is 4. The van der Waals surface area contributed by atoms with Gasteiger partial charge in [-0.25, -0.2) is 4.39 Å². The number of hydrogen-bond acceptors (Lipinski definition) is 6. The minimum absolute atomic E-state index is 0.0209. The number of carbonyl (C=O) groups is 4. The quantitative estimate of drug-likeness (QED) is 0.693. The predicted molar refractivity (Wildman–Crippen MR) is 113 cm³/mol. The molecule has 0 aromatic heterocycles. The fourth-order valence-electron chi connectivity index (χ4n) is 3.90. The molecule has 2 aromatic rings. The van der Waals surface area contributed by atoms with Gasteiger partial charge in [-0.05, 0) is 37.1 Å². The molecular formula is C23H22FN3O5. The topological polar surface area (TPSA) is 96.0 Å². The lowest BCUT2D eigenvalue weighted by atomic mass is 10.0. The van der Waals surface area contributed by atoms with E-state index < -0.39 is 35.5 Å². The van der Waals surface area contributed by atoms with Gasteiger partial charge < -0.3 is 9.64 Å². The first kappa shape index (κ1) is 21.5. The number of imide groups is 2. The third-order valence-corrected chi connectivity index (χ3v) is 5.70. The van der Waals surface area contributed by atoms with Gasteiger partial charge in [0.1, 0.15) is 24.2 Å². The number of benzene rings is 2. The molecule has 4 rings (SSSR count). The number of nitrogens with one attached hydrogen (secondary N) is 1. The number of aryl methyl sites for hydroxylation is 1. The first-order chi connectivity index (χ1) is 15.3. The van der Waals surface area contributed by atoms with E-state index in [9.17, 15) is 23.6 Å². The number of piperidine rings is 1. The monoisotopic (exact) mass is 439 g/mol. The smallest absolute Gasteiger partial charge is 0.262 e. The number of likely N-dealkylation sites (N-methyl/N-ethyl adjacent to an activating group) is 1. The van der Waals surface area contributed by atoms with Crippen LogP contribution in [0.15, 0.2) is 36.4 Å². The van der Waals surface area contributed by atoms with Crippen LogP contribution in [0.1, 0.15) is 39.1 Å². The van der Waals surface area contributed by atoms with Gasteiger partial charge in [0.05, 0.1) is 23.4 Å². The van der Waals surface area contributed by atoms with Crippen molar-refractivity contribution in [3.8, 4) is 5.75 Å². The Morgan fingerprint density at radius 1 is 1.12 bits per heavy atom. The highest BCUT2D eigenvalue weighted by molar-refractivity contribution is 6.23. The van der Waals surface area contributed by atoms with E-state index in [1.54, 1.807) is 11.9 Å². The maximum absolute atomic E-state index is 14.8. The minimum Gasteiger partial charge on any atom is -0.491 e. The van der Waals surface area contributed by atoms with Crippen LogP contribution in [-0.4, -0.2) is 54.8 Å². The standard InChI is InChI=1S/C23H22FN3O5/c1-13-5-3-4-6-19(13)32-10-9-26(2)18-12-15-14(11-16(18)24)22(30)27(23(15)31)17-7-8-20(28)25-21(17)29/h3-6,11-12,17H,7-10H2,1-2H3,(H,25,28,29). The van der Waals surface area contributed by atoms with Gasteiger partial charge in [0.15, 0.2) is 0 Å². The van der Waals surface area contributed by atoms with E-state index in [2.05, 4.69) is 5.32 Å². The zero-order chi connectivity index (χ0) is 23.0. The van der Waals surface area contributed by atoms with Crippen LogP contribution in [0.4, 0.5) is 10.1 Å². The SMILES string of the molecule is Cc1ccccc1OCCN(C)c1cc2c(cc1F)C(=O)N(C1CCC(=O)NC1=O)C2=O. The van der Waals surface area contributed by atoms with E-state index in [4.69, 9.17) is 4.74 Å². The normalized spacial score (nSPS) is 18.0. The summed E-state index contributed by atoms with van der Waals surface area (Å²) in [6, 6.07) is 8.80. The molecule has 166 valence electrons. The molecule has 1 unspecified atom stereocenters. The van der Waals surface area contributed by atoms with Crippen LogP contribution in [0.5, 0.6) is 5.75 Å². The number of para-hydroxylation sites is 1. The van der Waals surface area contributed by atoms with Crippen LogP contribution < -0.4 is 15.0 Å². The van der Waals surface area contributed by atoms with Crippen molar-refractivity contribution in [2.24, 2.45) is 0 Å². The van der Waals surface area contributed by atoms with Crippen LogP contribution in [0.3, 0.4) is 0 Å². The van der Waals surface area contributed by atoms with Gasteiger partial charge >= 0.3 is 0 Å². The number of ether oxygens (including phenoxy) is 1. The van der Waals surface area contributed by atoms with Gasteiger partial charge in [-0.15, -0.1) is 0 Å². The average molecular weight is 439 g/mol. The molecule has 2 aliphatic rings.